The fourth-order valence-corrected chi connectivity index (χ4v) is 4.54. The van der Waals surface area contributed by atoms with Crippen LogP contribution in [0.1, 0.15) is 95.5 Å². The molecule has 0 N–H and O–H groups in total. The minimum atomic E-state index is 0.112. The molecule has 2 aromatic rings. The van der Waals surface area contributed by atoms with Gasteiger partial charge in [0.25, 0.3) is 0 Å². The van der Waals surface area contributed by atoms with Crippen LogP contribution in [0.25, 0.3) is 11.1 Å². The van der Waals surface area contributed by atoms with Crippen molar-refractivity contribution in [2.75, 3.05) is 0 Å². The lowest BCUT2D eigenvalue weighted by Gasteiger charge is -2.27. The van der Waals surface area contributed by atoms with Crippen molar-refractivity contribution in [3.05, 3.63) is 107 Å². The fourth-order valence-electron chi connectivity index (χ4n) is 4.54. The van der Waals surface area contributed by atoms with Crippen LogP contribution < -0.4 is 0 Å². The lowest BCUT2D eigenvalue weighted by atomic mass is 9.77. The van der Waals surface area contributed by atoms with E-state index in [1.807, 2.05) is 0 Å². The van der Waals surface area contributed by atoms with Crippen molar-refractivity contribution in [3.8, 4) is 0 Å². The van der Waals surface area contributed by atoms with Crippen molar-refractivity contribution in [1.29, 1.82) is 0 Å². The Morgan fingerprint density at radius 1 is 0.848 bits per heavy atom. The highest BCUT2D eigenvalue weighted by atomic mass is 14.3. The van der Waals surface area contributed by atoms with Crippen LogP contribution in [0.15, 0.2) is 79.4 Å². The third-order valence-corrected chi connectivity index (χ3v) is 6.91. The van der Waals surface area contributed by atoms with Crippen LogP contribution >= 0.6 is 0 Å². The summed E-state index contributed by atoms with van der Waals surface area (Å²) in [7, 11) is 0. The van der Waals surface area contributed by atoms with E-state index in [1.54, 1.807) is 0 Å². The summed E-state index contributed by atoms with van der Waals surface area (Å²) < 4.78 is 0. The van der Waals surface area contributed by atoms with Gasteiger partial charge in [0, 0.05) is 5.92 Å². The molecule has 174 valence electrons. The van der Waals surface area contributed by atoms with E-state index in [1.165, 1.54) is 39.0 Å². The second-order valence-corrected chi connectivity index (χ2v) is 11.9. The van der Waals surface area contributed by atoms with Gasteiger partial charge < -0.3 is 0 Å². The smallest absolute Gasteiger partial charge is 0.0237 e. The molecule has 3 rings (SSSR count). The Bertz CT molecular complexity index is 1060. The quantitative estimate of drug-likeness (QED) is 0.421. The third kappa shape index (κ3) is 5.85. The lowest BCUT2D eigenvalue weighted by Crippen LogP contribution is -2.17. The largest absolute Gasteiger partial charge is 0.0955 e. The van der Waals surface area contributed by atoms with E-state index < -0.39 is 0 Å². The van der Waals surface area contributed by atoms with Gasteiger partial charge in [-0.05, 0) is 63.5 Å². The molecule has 1 aliphatic carbocycles. The number of benzene rings is 2. The van der Waals surface area contributed by atoms with Crippen molar-refractivity contribution in [2.45, 2.75) is 78.6 Å². The standard InChI is InChI=1S/C33H42/c1-22(2)25-14-16-26(17-15-25)31-13-11-12-30(31)24(4)18-23(3)27-19-28(32(5,6)7)21-29(20-27)33(8,9)10/h11-17,19-21,24,31H,1,3,18H2,2,4-10H3/t24-,31?/m1/s1. The molecule has 0 nitrogen and oxygen atoms in total. The molecule has 0 saturated heterocycles. The predicted molar refractivity (Wildman–Crippen MR) is 148 cm³/mol. The Hall–Kier alpha value is -2.60. The van der Waals surface area contributed by atoms with E-state index in [0.717, 1.165) is 12.0 Å². The van der Waals surface area contributed by atoms with E-state index in [9.17, 15) is 0 Å². The monoisotopic (exact) mass is 438 g/mol. The summed E-state index contributed by atoms with van der Waals surface area (Å²) in [4.78, 5) is 0. The van der Waals surface area contributed by atoms with Crippen LogP contribution in [0, 0.1) is 5.92 Å². The van der Waals surface area contributed by atoms with E-state index in [-0.39, 0.29) is 10.8 Å². The molecule has 0 bridgehead atoms. The molecule has 0 fully saturated rings. The Morgan fingerprint density at radius 2 is 1.39 bits per heavy atom. The van der Waals surface area contributed by atoms with Gasteiger partial charge in [-0.2, -0.15) is 0 Å². The first kappa shape index (κ1) is 25.0. The number of rotatable bonds is 6. The molecule has 2 atom stereocenters. The van der Waals surface area contributed by atoms with Crippen LogP contribution in [0.5, 0.6) is 0 Å². The number of hydrogen-bond acceptors (Lipinski definition) is 0. The Kier molecular flexibility index (Phi) is 7.08. The van der Waals surface area contributed by atoms with Crippen LogP contribution in [-0.2, 0) is 10.8 Å². The molecular weight excluding hydrogens is 396 g/mol. The minimum Gasteiger partial charge on any atom is -0.0955 e. The van der Waals surface area contributed by atoms with E-state index in [2.05, 4.69) is 129 Å². The van der Waals surface area contributed by atoms with Crippen molar-refractivity contribution < 1.29 is 0 Å². The molecule has 33 heavy (non-hydrogen) atoms. The maximum Gasteiger partial charge on any atom is 0.0237 e. The molecule has 0 radical (unpaired) electrons. The molecule has 1 unspecified atom stereocenters. The van der Waals surface area contributed by atoms with Crippen molar-refractivity contribution >= 4 is 11.1 Å². The molecular formula is C33H42. The zero-order valence-corrected chi connectivity index (χ0v) is 22.0. The fraction of sp³-hybridized carbons (Fsp3) is 0.394. The first-order valence-electron chi connectivity index (χ1n) is 12.3. The summed E-state index contributed by atoms with van der Waals surface area (Å²) in [6.07, 6.45) is 7.80. The summed E-state index contributed by atoms with van der Waals surface area (Å²) in [6, 6.07) is 16.0. The van der Waals surface area contributed by atoms with Crippen LogP contribution in [-0.4, -0.2) is 0 Å². The van der Waals surface area contributed by atoms with Crippen LogP contribution in [0.2, 0.25) is 0 Å². The molecule has 2 aromatic carbocycles. The van der Waals surface area contributed by atoms with Gasteiger partial charge in [-0.1, -0.05) is 133 Å². The van der Waals surface area contributed by atoms with Gasteiger partial charge >= 0.3 is 0 Å². The SMILES string of the molecule is C=C(C)c1ccc(C2C=CC=C2[C@H](C)CC(=C)c2cc(C(C)(C)C)cc(C(C)(C)C)c2)cc1. The molecule has 0 aromatic heterocycles. The maximum absolute atomic E-state index is 4.55. The van der Waals surface area contributed by atoms with Gasteiger partial charge in [0.05, 0.1) is 0 Å². The van der Waals surface area contributed by atoms with Gasteiger partial charge in [-0.3, -0.25) is 0 Å². The molecule has 0 spiro atoms. The van der Waals surface area contributed by atoms with Crippen molar-refractivity contribution in [3.63, 3.8) is 0 Å². The molecule has 0 amide bonds. The second kappa shape index (κ2) is 9.34. The Labute approximate surface area is 202 Å². The normalized spacial score (nSPS) is 17.1. The molecule has 0 heteroatoms. The van der Waals surface area contributed by atoms with Crippen LogP contribution in [0.4, 0.5) is 0 Å². The molecule has 1 aliphatic rings. The van der Waals surface area contributed by atoms with E-state index in [0.29, 0.717) is 11.8 Å². The summed E-state index contributed by atoms with van der Waals surface area (Å²) >= 11 is 0. The highest BCUT2D eigenvalue weighted by molar-refractivity contribution is 5.66. The minimum absolute atomic E-state index is 0.112. The van der Waals surface area contributed by atoms with Gasteiger partial charge in [0.1, 0.15) is 0 Å². The maximum atomic E-state index is 4.55. The first-order chi connectivity index (χ1) is 15.3. The highest BCUT2D eigenvalue weighted by Crippen LogP contribution is 2.40. The first-order valence-corrected chi connectivity index (χ1v) is 12.3. The molecule has 0 heterocycles. The predicted octanol–water partition coefficient (Wildman–Crippen LogP) is 9.63. The summed E-state index contributed by atoms with van der Waals surface area (Å²) in [6.45, 7) is 26.8. The number of hydrogen-bond donors (Lipinski definition) is 0. The zero-order chi connectivity index (χ0) is 24.6. The van der Waals surface area contributed by atoms with Crippen molar-refractivity contribution in [2.24, 2.45) is 5.92 Å². The lowest BCUT2D eigenvalue weighted by molar-refractivity contribution is 0.568. The van der Waals surface area contributed by atoms with E-state index >= 15 is 0 Å². The Morgan fingerprint density at radius 3 is 1.88 bits per heavy atom. The average molecular weight is 439 g/mol. The number of allylic oxidation sites excluding steroid dienone is 6. The average Bonchev–Trinajstić information content (AvgIpc) is 3.22. The molecule has 0 saturated carbocycles. The zero-order valence-electron chi connectivity index (χ0n) is 22.0. The van der Waals surface area contributed by atoms with Gasteiger partial charge in [-0.15, -0.1) is 0 Å². The van der Waals surface area contributed by atoms with Crippen molar-refractivity contribution in [1.82, 2.24) is 0 Å². The van der Waals surface area contributed by atoms with E-state index in [4.69, 9.17) is 0 Å². The third-order valence-electron chi connectivity index (χ3n) is 6.91. The summed E-state index contributed by atoms with van der Waals surface area (Å²) in [5.74, 6) is 0.771. The summed E-state index contributed by atoms with van der Waals surface area (Å²) in [5.41, 5.74) is 10.6. The highest BCUT2D eigenvalue weighted by Gasteiger charge is 2.24. The second-order valence-electron chi connectivity index (χ2n) is 11.9. The van der Waals surface area contributed by atoms with Crippen LogP contribution in [0.3, 0.4) is 0 Å². The Balaban J connectivity index is 1.83. The summed E-state index contributed by atoms with van der Waals surface area (Å²) in [5, 5.41) is 0. The van der Waals surface area contributed by atoms with Gasteiger partial charge in [0.2, 0.25) is 0 Å². The topological polar surface area (TPSA) is 0 Å². The molecule has 0 aliphatic heterocycles. The van der Waals surface area contributed by atoms with Gasteiger partial charge in [0.15, 0.2) is 0 Å². The van der Waals surface area contributed by atoms with Gasteiger partial charge in [-0.25, -0.2) is 0 Å².